The van der Waals surface area contributed by atoms with Crippen molar-refractivity contribution in [1.29, 1.82) is 0 Å². The van der Waals surface area contributed by atoms with Gasteiger partial charge in [-0.2, -0.15) is 0 Å². The van der Waals surface area contributed by atoms with Crippen molar-refractivity contribution in [3.05, 3.63) is 45.8 Å². The molecule has 0 amide bonds. The molecule has 1 aromatic carbocycles. The number of methoxy groups -OCH3 is 1. The van der Waals surface area contributed by atoms with Crippen molar-refractivity contribution in [3.63, 3.8) is 0 Å². The van der Waals surface area contributed by atoms with Crippen LogP contribution in [-0.2, 0) is 9.47 Å². The van der Waals surface area contributed by atoms with Gasteiger partial charge in [0.25, 0.3) is 0 Å². The molecule has 0 bridgehead atoms. The van der Waals surface area contributed by atoms with Crippen LogP contribution in [0.25, 0.3) is 12.2 Å². The number of morpholine rings is 2. The predicted molar refractivity (Wildman–Crippen MR) is 117 cm³/mol. The van der Waals surface area contributed by atoms with Crippen molar-refractivity contribution in [2.75, 3.05) is 69.5 Å². The molecular weight excluding hydrogens is 402 g/mol. The zero-order chi connectivity index (χ0) is 21.6. The van der Waals surface area contributed by atoms with Crippen LogP contribution < -0.4 is 14.5 Å². The average Bonchev–Trinajstić information content (AvgIpc) is 2.83. The molecule has 3 heterocycles. The molecule has 0 N–H and O–H groups in total. The molecule has 164 valence electrons. The number of nitrogens with zero attached hydrogens (tertiary/aromatic N) is 5. The number of nitro groups is 1. The van der Waals surface area contributed by atoms with E-state index in [0.29, 0.717) is 70.1 Å². The van der Waals surface area contributed by atoms with Crippen LogP contribution >= 0.6 is 0 Å². The normalized spacial score (nSPS) is 17.2. The third kappa shape index (κ3) is 4.92. The van der Waals surface area contributed by atoms with E-state index < -0.39 is 0 Å². The third-order valence-corrected chi connectivity index (χ3v) is 5.21. The molecule has 0 atom stereocenters. The van der Waals surface area contributed by atoms with Gasteiger partial charge in [0, 0.05) is 26.2 Å². The van der Waals surface area contributed by atoms with E-state index in [1.807, 2.05) is 40.1 Å². The van der Waals surface area contributed by atoms with Crippen LogP contribution in [0.2, 0.25) is 0 Å². The fourth-order valence-corrected chi connectivity index (χ4v) is 3.56. The van der Waals surface area contributed by atoms with Crippen molar-refractivity contribution >= 4 is 29.5 Å². The Labute approximate surface area is 180 Å². The molecule has 1 aromatic heterocycles. The summed E-state index contributed by atoms with van der Waals surface area (Å²) in [5.41, 5.74) is 0.883. The van der Waals surface area contributed by atoms with Crippen LogP contribution in [0, 0.1) is 10.1 Å². The van der Waals surface area contributed by atoms with Gasteiger partial charge in [-0.15, -0.1) is 0 Å². The molecule has 0 radical (unpaired) electrons. The summed E-state index contributed by atoms with van der Waals surface area (Å²) < 4.78 is 16.0. The summed E-state index contributed by atoms with van der Waals surface area (Å²) in [5.74, 6) is 1.86. The predicted octanol–water partition coefficient (Wildman–Crippen LogP) is 2.24. The highest BCUT2D eigenvalue weighted by molar-refractivity contribution is 5.75. The lowest BCUT2D eigenvalue weighted by molar-refractivity contribution is -0.383. The molecule has 2 saturated heterocycles. The third-order valence-electron chi connectivity index (χ3n) is 5.21. The number of aromatic nitrogens is 2. The second-order valence-corrected chi connectivity index (χ2v) is 7.14. The Balaban J connectivity index is 1.74. The Morgan fingerprint density at radius 3 is 1.90 bits per heavy atom. The van der Waals surface area contributed by atoms with E-state index in [0.717, 1.165) is 11.3 Å². The van der Waals surface area contributed by atoms with Gasteiger partial charge in [-0.25, -0.2) is 9.97 Å². The minimum Gasteiger partial charge on any atom is -0.497 e. The largest absolute Gasteiger partial charge is 0.497 e. The highest BCUT2D eigenvalue weighted by Gasteiger charge is 2.32. The van der Waals surface area contributed by atoms with Crippen LogP contribution in [0.15, 0.2) is 24.3 Å². The molecule has 4 rings (SSSR count). The first-order valence-electron chi connectivity index (χ1n) is 10.2. The highest BCUT2D eigenvalue weighted by Crippen LogP contribution is 2.36. The van der Waals surface area contributed by atoms with Gasteiger partial charge in [-0.05, 0) is 23.8 Å². The minimum atomic E-state index is -0.382. The average molecular weight is 427 g/mol. The van der Waals surface area contributed by atoms with E-state index in [4.69, 9.17) is 14.2 Å². The topological polar surface area (TPSA) is 103 Å². The summed E-state index contributed by atoms with van der Waals surface area (Å²) in [6.45, 7) is 4.19. The van der Waals surface area contributed by atoms with Gasteiger partial charge in [-0.1, -0.05) is 18.2 Å². The first-order chi connectivity index (χ1) is 15.2. The van der Waals surface area contributed by atoms with E-state index >= 15 is 0 Å². The van der Waals surface area contributed by atoms with Gasteiger partial charge in [0.05, 0.1) is 38.5 Å². The van der Waals surface area contributed by atoms with Crippen LogP contribution in [0.3, 0.4) is 0 Å². The van der Waals surface area contributed by atoms with Gasteiger partial charge < -0.3 is 24.0 Å². The van der Waals surface area contributed by atoms with E-state index in [1.54, 1.807) is 13.2 Å². The SMILES string of the molecule is COc1ccc(/C=C/c2nc(N3CCOCC3)c([N+](=O)[O-])c(N3CCOCC3)n2)cc1. The second-order valence-electron chi connectivity index (χ2n) is 7.14. The maximum Gasteiger partial charge on any atom is 0.353 e. The Bertz CT molecular complexity index is 899. The lowest BCUT2D eigenvalue weighted by atomic mass is 10.2. The van der Waals surface area contributed by atoms with Crippen molar-refractivity contribution in [3.8, 4) is 5.75 Å². The Kier molecular flexibility index (Phi) is 6.58. The van der Waals surface area contributed by atoms with Gasteiger partial charge in [0.2, 0.25) is 11.6 Å². The lowest BCUT2D eigenvalue weighted by Crippen LogP contribution is -2.39. The molecule has 2 aliphatic rings. The summed E-state index contributed by atoms with van der Waals surface area (Å²) in [6.07, 6.45) is 3.66. The number of rotatable bonds is 6. The van der Waals surface area contributed by atoms with Crippen molar-refractivity contribution < 1.29 is 19.1 Å². The fraction of sp³-hybridized carbons (Fsp3) is 0.429. The minimum absolute atomic E-state index is 0.0644. The maximum absolute atomic E-state index is 12.1. The fourth-order valence-electron chi connectivity index (χ4n) is 3.56. The summed E-state index contributed by atoms with van der Waals surface area (Å²) >= 11 is 0. The lowest BCUT2D eigenvalue weighted by Gasteiger charge is -2.31. The monoisotopic (exact) mass is 427 g/mol. The van der Waals surface area contributed by atoms with E-state index in [9.17, 15) is 10.1 Å². The van der Waals surface area contributed by atoms with Gasteiger partial charge in [0.15, 0.2) is 5.82 Å². The Morgan fingerprint density at radius 2 is 1.45 bits per heavy atom. The first-order valence-corrected chi connectivity index (χ1v) is 10.2. The summed E-state index contributed by atoms with van der Waals surface area (Å²) in [4.78, 5) is 24.6. The maximum atomic E-state index is 12.1. The van der Waals surface area contributed by atoms with Crippen LogP contribution in [0.4, 0.5) is 17.3 Å². The van der Waals surface area contributed by atoms with E-state index in [-0.39, 0.29) is 10.6 Å². The molecule has 2 aliphatic heterocycles. The van der Waals surface area contributed by atoms with E-state index in [2.05, 4.69) is 9.97 Å². The zero-order valence-electron chi connectivity index (χ0n) is 17.4. The number of ether oxygens (including phenoxy) is 3. The second kappa shape index (κ2) is 9.71. The van der Waals surface area contributed by atoms with Crippen LogP contribution in [0.1, 0.15) is 11.4 Å². The molecule has 0 spiro atoms. The standard InChI is InChI=1S/C21H25N5O5/c1-29-17-5-2-16(3-6-17)4-7-18-22-20(24-8-12-30-13-9-24)19(26(27)28)21(23-18)25-10-14-31-15-11-25/h2-7H,8-15H2,1H3/b7-4+. The molecule has 0 saturated carbocycles. The molecule has 2 fully saturated rings. The Hall–Kier alpha value is -3.24. The highest BCUT2D eigenvalue weighted by atomic mass is 16.6. The van der Waals surface area contributed by atoms with Crippen molar-refractivity contribution in [2.45, 2.75) is 0 Å². The number of benzene rings is 1. The Morgan fingerprint density at radius 1 is 0.935 bits per heavy atom. The summed E-state index contributed by atoms with van der Waals surface area (Å²) in [7, 11) is 1.62. The smallest absolute Gasteiger partial charge is 0.353 e. The zero-order valence-corrected chi connectivity index (χ0v) is 17.4. The van der Waals surface area contributed by atoms with Crippen molar-refractivity contribution in [1.82, 2.24) is 9.97 Å². The molecule has 31 heavy (non-hydrogen) atoms. The number of hydrogen-bond acceptors (Lipinski definition) is 9. The van der Waals surface area contributed by atoms with Crippen LogP contribution in [-0.4, -0.2) is 74.6 Å². The molecule has 2 aromatic rings. The first kappa shape index (κ1) is 21.0. The number of hydrogen-bond donors (Lipinski definition) is 0. The molecule has 10 nitrogen and oxygen atoms in total. The van der Waals surface area contributed by atoms with Crippen molar-refractivity contribution in [2.24, 2.45) is 0 Å². The van der Waals surface area contributed by atoms with E-state index in [1.165, 1.54) is 0 Å². The number of anilines is 2. The van der Waals surface area contributed by atoms with Gasteiger partial charge in [-0.3, -0.25) is 10.1 Å². The molecule has 0 aliphatic carbocycles. The molecule has 10 heteroatoms. The van der Waals surface area contributed by atoms with Gasteiger partial charge >= 0.3 is 5.69 Å². The summed E-state index contributed by atoms with van der Waals surface area (Å²) in [6, 6.07) is 7.59. The summed E-state index contributed by atoms with van der Waals surface area (Å²) in [5, 5.41) is 12.1. The quantitative estimate of drug-likeness (QED) is 0.507. The van der Waals surface area contributed by atoms with Gasteiger partial charge in [0.1, 0.15) is 5.75 Å². The van der Waals surface area contributed by atoms with Crippen LogP contribution in [0.5, 0.6) is 5.75 Å². The molecule has 0 unspecified atom stereocenters. The molecular formula is C21H25N5O5.